The number of carbonyl (C=O) groups excluding carboxylic acids is 1. The lowest BCUT2D eigenvalue weighted by Gasteiger charge is -2.03. The molecule has 0 aliphatic heterocycles. The van der Waals surface area contributed by atoms with Gasteiger partial charge in [-0.05, 0) is 18.1 Å². The normalized spacial score (nSPS) is 10.6. The molecule has 0 aromatic carbocycles. The fraction of sp³-hybridized carbons (Fsp3) is 0.333. The standard InChI is InChI=1S/C12H15N3O2S/c1-8(2)10-7-14-12(18-10)15-11(16)13-6-9-4-3-5-17-9/h3-5,7-8H,6H2,1-2H3,(H2,13,14,15,16). The molecule has 0 unspecified atom stereocenters. The number of nitrogens with one attached hydrogen (secondary N) is 2. The van der Waals surface area contributed by atoms with Crippen molar-refractivity contribution in [1.82, 2.24) is 10.3 Å². The maximum atomic E-state index is 11.6. The Morgan fingerprint density at radius 2 is 2.39 bits per heavy atom. The predicted molar refractivity (Wildman–Crippen MR) is 70.8 cm³/mol. The minimum atomic E-state index is -0.281. The first-order chi connectivity index (χ1) is 8.65. The maximum Gasteiger partial charge on any atom is 0.321 e. The Morgan fingerprint density at radius 1 is 1.56 bits per heavy atom. The van der Waals surface area contributed by atoms with Crippen LogP contribution in [0.5, 0.6) is 0 Å². The molecule has 2 amide bonds. The van der Waals surface area contributed by atoms with E-state index in [2.05, 4.69) is 29.5 Å². The molecule has 2 aromatic rings. The van der Waals surface area contributed by atoms with E-state index in [9.17, 15) is 4.79 Å². The van der Waals surface area contributed by atoms with Crippen LogP contribution in [-0.4, -0.2) is 11.0 Å². The van der Waals surface area contributed by atoms with E-state index < -0.39 is 0 Å². The molecule has 2 aromatic heterocycles. The summed E-state index contributed by atoms with van der Waals surface area (Å²) < 4.78 is 5.11. The van der Waals surface area contributed by atoms with Gasteiger partial charge in [-0.1, -0.05) is 13.8 Å². The van der Waals surface area contributed by atoms with Crippen molar-refractivity contribution in [2.45, 2.75) is 26.3 Å². The van der Waals surface area contributed by atoms with Gasteiger partial charge in [-0.25, -0.2) is 9.78 Å². The third-order valence-electron chi connectivity index (χ3n) is 2.32. The highest BCUT2D eigenvalue weighted by molar-refractivity contribution is 7.15. The minimum absolute atomic E-state index is 0.281. The van der Waals surface area contributed by atoms with Crippen LogP contribution in [-0.2, 0) is 6.54 Å². The predicted octanol–water partition coefficient (Wildman–Crippen LogP) is 3.18. The summed E-state index contributed by atoms with van der Waals surface area (Å²) in [4.78, 5) is 16.9. The Labute approximate surface area is 109 Å². The first-order valence-electron chi connectivity index (χ1n) is 5.68. The summed E-state index contributed by atoms with van der Waals surface area (Å²) in [7, 11) is 0. The van der Waals surface area contributed by atoms with Gasteiger partial charge < -0.3 is 9.73 Å². The number of carbonyl (C=O) groups is 1. The molecule has 2 heterocycles. The van der Waals surface area contributed by atoms with E-state index in [1.54, 1.807) is 24.6 Å². The molecule has 0 bridgehead atoms. The number of hydrogen-bond acceptors (Lipinski definition) is 4. The smallest absolute Gasteiger partial charge is 0.321 e. The van der Waals surface area contributed by atoms with Crippen molar-refractivity contribution in [1.29, 1.82) is 0 Å². The van der Waals surface area contributed by atoms with Crippen molar-refractivity contribution >= 4 is 22.5 Å². The summed E-state index contributed by atoms with van der Waals surface area (Å²) >= 11 is 1.49. The number of hydrogen-bond donors (Lipinski definition) is 2. The van der Waals surface area contributed by atoms with Gasteiger partial charge >= 0.3 is 6.03 Å². The summed E-state index contributed by atoms with van der Waals surface area (Å²) in [6.07, 6.45) is 3.36. The summed E-state index contributed by atoms with van der Waals surface area (Å²) in [6.45, 7) is 4.55. The Morgan fingerprint density at radius 3 is 3.00 bits per heavy atom. The number of aromatic nitrogens is 1. The van der Waals surface area contributed by atoms with E-state index in [-0.39, 0.29) is 6.03 Å². The number of thiazole rings is 1. The van der Waals surface area contributed by atoms with Crippen LogP contribution in [0, 0.1) is 0 Å². The summed E-state index contributed by atoms with van der Waals surface area (Å²) in [6, 6.07) is 3.31. The van der Waals surface area contributed by atoms with Gasteiger partial charge in [0.1, 0.15) is 5.76 Å². The fourth-order valence-electron chi connectivity index (χ4n) is 1.33. The van der Waals surface area contributed by atoms with Crippen molar-refractivity contribution in [3.05, 3.63) is 35.2 Å². The highest BCUT2D eigenvalue weighted by Crippen LogP contribution is 2.24. The van der Waals surface area contributed by atoms with Crippen molar-refractivity contribution in [2.75, 3.05) is 5.32 Å². The van der Waals surface area contributed by atoms with Crippen LogP contribution >= 0.6 is 11.3 Å². The quantitative estimate of drug-likeness (QED) is 0.892. The van der Waals surface area contributed by atoms with Crippen LogP contribution in [0.15, 0.2) is 29.0 Å². The second-order valence-electron chi connectivity index (χ2n) is 4.11. The van der Waals surface area contributed by atoms with Crippen molar-refractivity contribution in [3.8, 4) is 0 Å². The molecule has 5 nitrogen and oxygen atoms in total. The van der Waals surface area contributed by atoms with E-state index in [0.29, 0.717) is 23.4 Å². The molecule has 6 heteroatoms. The van der Waals surface area contributed by atoms with Gasteiger partial charge in [-0.15, -0.1) is 11.3 Å². The van der Waals surface area contributed by atoms with Crippen molar-refractivity contribution < 1.29 is 9.21 Å². The zero-order valence-corrected chi connectivity index (χ0v) is 11.1. The van der Waals surface area contributed by atoms with Gasteiger partial charge in [0, 0.05) is 11.1 Å². The lowest BCUT2D eigenvalue weighted by atomic mass is 10.2. The molecule has 18 heavy (non-hydrogen) atoms. The van der Waals surface area contributed by atoms with Crippen LogP contribution in [0.25, 0.3) is 0 Å². The molecule has 0 aliphatic rings. The van der Waals surface area contributed by atoms with E-state index in [4.69, 9.17) is 4.42 Å². The molecule has 2 N–H and O–H groups in total. The van der Waals surface area contributed by atoms with Crippen LogP contribution in [0.2, 0.25) is 0 Å². The molecule has 0 saturated heterocycles. The Bertz CT molecular complexity index is 505. The zero-order valence-electron chi connectivity index (χ0n) is 10.3. The van der Waals surface area contributed by atoms with E-state index in [0.717, 1.165) is 4.88 Å². The van der Waals surface area contributed by atoms with E-state index in [1.165, 1.54) is 11.3 Å². The van der Waals surface area contributed by atoms with Crippen molar-refractivity contribution in [3.63, 3.8) is 0 Å². The molecule has 0 spiro atoms. The van der Waals surface area contributed by atoms with Gasteiger partial charge in [0.25, 0.3) is 0 Å². The second-order valence-corrected chi connectivity index (χ2v) is 5.17. The first kappa shape index (κ1) is 12.6. The number of furan rings is 1. The largest absolute Gasteiger partial charge is 0.467 e. The van der Waals surface area contributed by atoms with Crippen molar-refractivity contribution in [2.24, 2.45) is 0 Å². The van der Waals surface area contributed by atoms with Gasteiger partial charge in [0.2, 0.25) is 0 Å². The summed E-state index contributed by atoms with van der Waals surface area (Å²) in [5.74, 6) is 1.14. The van der Waals surface area contributed by atoms with Gasteiger partial charge in [0.15, 0.2) is 5.13 Å². The molecule has 2 rings (SSSR count). The Kier molecular flexibility index (Phi) is 3.99. The highest BCUT2D eigenvalue weighted by atomic mass is 32.1. The highest BCUT2D eigenvalue weighted by Gasteiger charge is 2.08. The minimum Gasteiger partial charge on any atom is -0.467 e. The SMILES string of the molecule is CC(C)c1cnc(NC(=O)NCc2ccco2)s1. The molecule has 96 valence electrons. The van der Waals surface area contributed by atoms with E-state index in [1.807, 2.05) is 0 Å². The number of rotatable bonds is 4. The van der Waals surface area contributed by atoms with Crippen LogP contribution in [0.1, 0.15) is 30.4 Å². The zero-order chi connectivity index (χ0) is 13.0. The third kappa shape index (κ3) is 3.33. The number of amides is 2. The summed E-state index contributed by atoms with van der Waals surface area (Å²) in [5.41, 5.74) is 0. The average molecular weight is 265 g/mol. The molecule has 0 atom stereocenters. The molecule has 0 fully saturated rings. The number of anilines is 1. The molecule has 0 saturated carbocycles. The Hall–Kier alpha value is -1.82. The number of nitrogens with zero attached hydrogens (tertiary/aromatic N) is 1. The van der Waals surface area contributed by atoms with Crippen LogP contribution < -0.4 is 10.6 Å². The summed E-state index contributed by atoms with van der Waals surface area (Å²) in [5, 5.41) is 6.00. The van der Waals surface area contributed by atoms with Gasteiger partial charge in [0.05, 0.1) is 12.8 Å². The lowest BCUT2D eigenvalue weighted by molar-refractivity contribution is 0.251. The van der Waals surface area contributed by atoms with Crippen LogP contribution in [0.4, 0.5) is 9.93 Å². The number of urea groups is 1. The van der Waals surface area contributed by atoms with Gasteiger partial charge in [-0.3, -0.25) is 5.32 Å². The third-order valence-corrected chi connectivity index (χ3v) is 3.53. The molecule has 0 radical (unpaired) electrons. The van der Waals surface area contributed by atoms with Gasteiger partial charge in [-0.2, -0.15) is 0 Å². The fourth-order valence-corrected chi connectivity index (χ4v) is 2.15. The average Bonchev–Trinajstić information content (AvgIpc) is 2.96. The second kappa shape index (κ2) is 5.68. The molecular weight excluding hydrogens is 250 g/mol. The maximum absolute atomic E-state index is 11.6. The van der Waals surface area contributed by atoms with Crippen LogP contribution in [0.3, 0.4) is 0 Å². The Balaban J connectivity index is 1.83. The molecular formula is C12H15N3O2S. The lowest BCUT2D eigenvalue weighted by Crippen LogP contribution is -2.27. The molecule has 0 aliphatic carbocycles. The monoisotopic (exact) mass is 265 g/mol. The van der Waals surface area contributed by atoms with E-state index >= 15 is 0 Å². The first-order valence-corrected chi connectivity index (χ1v) is 6.50. The topological polar surface area (TPSA) is 67.2 Å².